The highest BCUT2D eigenvalue weighted by atomic mass is 15.2. The molecule has 5 nitrogen and oxygen atoms in total. The molecule has 14 heavy (non-hydrogen) atoms. The van der Waals surface area contributed by atoms with Gasteiger partial charge in [-0.25, -0.2) is 4.98 Å². The number of hydrogen-bond acceptors (Lipinski definition) is 5. The third kappa shape index (κ3) is 2.63. The molecule has 0 aromatic carbocycles. The number of anilines is 1. The molecule has 2 heterocycles. The fourth-order valence-electron chi connectivity index (χ4n) is 1.64. The number of hydrogen-bond donors (Lipinski definition) is 2. The largest absolute Gasteiger partial charge is 0.351 e. The molecule has 76 valence electrons. The van der Waals surface area contributed by atoms with Gasteiger partial charge in [0.05, 0.1) is 12.4 Å². The van der Waals surface area contributed by atoms with Gasteiger partial charge in [0.15, 0.2) is 0 Å². The van der Waals surface area contributed by atoms with E-state index in [1.165, 1.54) is 19.3 Å². The van der Waals surface area contributed by atoms with Crippen LogP contribution < -0.4 is 10.6 Å². The molecule has 1 unspecified atom stereocenters. The van der Waals surface area contributed by atoms with Gasteiger partial charge in [-0.1, -0.05) is 6.42 Å². The van der Waals surface area contributed by atoms with E-state index in [2.05, 4.69) is 25.8 Å². The molecule has 0 radical (unpaired) electrons. The fourth-order valence-corrected chi connectivity index (χ4v) is 1.64. The lowest BCUT2D eigenvalue weighted by atomic mass is 10.1. The Labute approximate surface area is 83.3 Å². The second-order valence-corrected chi connectivity index (χ2v) is 3.49. The minimum absolute atomic E-state index is 0.549. The number of nitrogens with zero attached hydrogens (tertiary/aromatic N) is 3. The zero-order valence-electron chi connectivity index (χ0n) is 8.11. The van der Waals surface area contributed by atoms with Crippen molar-refractivity contribution < 1.29 is 0 Å². The second-order valence-electron chi connectivity index (χ2n) is 3.49. The summed E-state index contributed by atoms with van der Waals surface area (Å²) in [5.74, 6) is 0.611. The van der Waals surface area contributed by atoms with Crippen LogP contribution in [0.15, 0.2) is 12.4 Å². The lowest BCUT2D eigenvalue weighted by Gasteiger charge is -2.23. The predicted octanol–water partition coefficient (Wildman–Crippen LogP) is 0.426. The van der Waals surface area contributed by atoms with Crippen LogP contribution in [0.1, 0.15) is 19.3 Å². The molecule has 2 rings (SSSR count). The van der Waals surface area contributed by atoms with Gasteiger partial charge in [-0.2, -0.15) is 5.10 Å². The molecule has 1 atom stereocenters. The molecule has 1 saturated heterocycles. The topological polar surface area (TPSA) is 62.7 Å². The average molecular weight is 193 g/mol. The summed E-state index contributed by atoms with van der Waals surface area (Å²) >= 11 is 0. The van der Waals surface area contributed by atoms with E-state index in [-0.39, 0.29) is 0 Å². The first-order chi connectivity index (χ1) is 6.95. The zero-order valence-corrected chi connectivity index (χ0v) is 8.11. The van der Waals surface area contributed by atoms with Crippen molar-refractivity contribution in [2.45, 2.75) is 25.3 Å². The third-order valence-corrected chi connectivity index (χ3v) is 2.40. The lowest BCUT2D eigenvalue weighted by molar-refractivity contribution is 0.413. The van der Waals surface area contributed by atoms with E-state index in [4.69, 9.17) is 0 Å². The van der Waals surface area contributed by atoms with Crippen LogP contribution in [0.5, 0.6) is 0 Å². The third-order valence-electron chi connectivity index (χ3n) is 2.40. The van der Waals surface area contributed by atoms with E-state index in [0.29, 0.717) is 12.0 Å². The van der Waals surface area contributed by atoms with Crippen LogP contribution in [0, 0.1) is 0 Å². The highest BCUT2D eigenvalue weighted by Gasteiger charge is 2.11. The van der Waals surface area contributed by atoms with Gasteiger partial charge in [0.25, 0.3) is 0 Å². The summed E-state index contributed by atoms with van der Waals surface area (Å²) in [6.45, 7) is 2.01. The molecule has 0 aliphatic carbocycles. The van der Waals surface area contributed by atoms with Gasteiger partial charge in [0.2, 0.25) is 5.95 Å². The highest BCUT2D eigenvalue weighted by Crippen LogP contribution is 2.06. The van der Waals surface area contributed by atoms with Crippen LogP contribution in [0.2, 0.25) is 0 Å². The summed E-state index contributed by atoms with van der Waals surface area (Å²) in [5.41, 5.74) is 0. The maximum Gasteiger partial charge on any atom is 0.242 e. The quantitative estimate of drug-likeness (QED) is 0.728. The SMILES string of the molecule is c1cnc(NCC2CCCCN2)nn1. The number of rotatable bonds is 3. The summed E-state index contributed by atoms with van der Waals surface area (Å²) in [7, 11) is 0. The van der Waals surface area contributed by atoms with Crippen LogP contribution in [-0.4, -0.2) is 34.3 Å². The summed E-state index contributed by atoms with van der Waals surface area (Å²) in [6, 6.07) is 0.549. The molecular formula is C9H15N5. The molecule has 0 bridgehead atoms. The van der Waals surface area contributed by atoms with Crippen LogP contribution in [0.3, 0.4) is 0 Å². The van der Waals surface area contributed by atoms with Crippen molar-refractivity contribution in [3.63, 3.8) is 0 Å². The molecule has 1 aromatic heterocycles. The van der Waals surface area contributed by atoms with Gasteiger partial charge in [0.1, 0.15) is 0 Å². The van der Waals surface area contributed by atoms with Crippen molar-refractivity contribution in [1.82, 2.24) is 20.5 Å². The Morgan fingerprint density at radius 2 is 2.43 bits per heavy atom. The monoisotopic (exact) mass is 193 g/mol. The van der Waals surface area contributed by atoms with Crippen LogP contribution >= 0.6 is 0 Å². The van der Waals surface area contributed by atoms with E-state index < -0.39 is 0 Å². The van der Waals surface area contributed by atoms with Gasteiger partial charge in [-0.05, 0) is 19.4 Å². The molecule has 1 fully saturated rings. The van der Waals surface area contributed by atoms with Crippen molar-refractivity contribution in [2.24, 2.45) is 0 Å². The predicted molar refractivity (Wildman–Crippen MR) is 54.0 cm³/mol. The van der Waals surface area contributed by atoms with Gasteiger partial charge in [-0.15, -0.1) is 5.10 Å². The van der Waals surface area contributed by atoms with Crippen molar-refractivity contribution in [3.8, 4) is 0 Å². The van der Waals surface area contributed by atoms with Crippen LogP contribution in [-0.2, 0) is 0 Å². The maximum atomic E-state index is 4.05. The van der Waals surface area contributed by atoms with E-state index in [0.717, 1.165) is 13.1 Å². The summed E-state index contributed by atoms with van der Waals surface area (Å²) in [6.07, 6.45) is 7.05. The Morgan fingerprint density at radius 3 is 3.14 bits per heavy atom. The summed E-state index contributed by atoms with van der Waals surface area (Å²) in [5, 5.41) is 14.2. The Hall–Kier alpha value is -1.23. The average Bonchev–Trinajstić information content (AvgIpc) is 2.29. The van der Waals surface area contributed by atoms with E-state index >= 15 is 0 Å². The fraction of sp³-hybridized carbons (Fsp3) is 0.667. The Morgan fingerprint density at radius 1 is 1.43 bits per heavy atom. The first kappa shape index (κ1) is 9.33. The number of nitrogens with one attached hydrogen (secondary N) is 2. The summed E-state index contributed by atoms with van der Waals surface area (Å²) in [4.78, 5) is 4.05. The normalized spacial score (nSPS) is 21.9. The van der Waals surface area contributed by atoms with Gasteiger partial charge < -0.3 is 10.6 Å². The summed E-state index contributed by atoms with van der Waals surface area (Å²) < 4.78 is 0. The number of aromatic nitrogens is 3. The smallest absolute Gasteiger partial charge is 0.242 e. The van der Waals surface area contributed by atoms with E-state index in [1.54, 1.807) is 12.4 Å². The van der Waals surface area contributed by atoms with Gasteiger partial charge in [-0.3, -0.25) is 0 Å². The van der Waals surface area contributed by atoms with Crippen molar-refractivity contribution in [3.05, 3.63) is 12.4 Å². The zero-order chi connectivity index (χ0) is 9.64. The van der Waals surface area contributed by atoms with Gasteiger partial charge >= 0.3 is 0 Å². The molecule has 1 aromatic rings. The van der Waals surface area contributed by atoms with E-state index in [1.807, 2.05) is 0 Å². The molecule has 1 aliphatic rings. The minimum atomic E-state index is 0.549. The Kier molecular flexibility index (Phi) is 3.24. The van der Waals surface area contributed by atoms with Crippen molar-refractivity contribution in [2.75, 3.05) is 18.4 Å². The standard InChI is InChI=1S/C9H15N5/c1-2-4-10-8(3-1)7-12-9-11-5-6-13-14-9/h5-6,8,10H,1-4,7H2,(H,11,12,14). The first-order valence-electron chi connectivity index (χ1n) is 5.06. The first-order valence-corrected chi connectivity index (χ1v) is 5.06. The molecule has 0 saturated carbocycles. The van der Waals surface area contributed by atoms with Crippen molar-refractivity contribution >= 4 is 5.95 Å². The van der Waals surface area contributed by atoms with Crippen LogP contribution in [0.4, 0.5) is 5.95 Å². The highest BCUT2D eigenvalue weighted by molar-refractivity contribution is 5.20. The Balaban J connectivity index is 1.76. The van der Waals surface area contributed by atoms with Gasteiger partial charge in [0, 0.05) is 12.6 Å². The Bertz CT molecular complexity index is 257. The minimum Gasteiger partial charge on any atom is -0.351 e. The van der Waals surface area contributed by atoms with Crippen molar-refractivity contribution in [1.29, 1.82) is 0 Å². The lowest BCUT2D eigenvalue weighted by Crippen LogP contribution is -2.39. The van der Waals surface area contributed by atoms with E-state index in [9.17, 15) is 0 Å². The van der Waals surface area contributed by atoms with Crippen LogP contribution in [0.25, 0.3) is 0 Å². The molecule has 1 aliphatic heterocycles. The second kappa shape index (κ2) is 4.85. The molecule has 0 spiro atoms. The molecule has 2 N–H and O–H groups in total. The number of piperidine rings is 1. The molecular weight excluding hydrogens is 178 g/mol. The molecule has 0 amide bonds. The molecule has 5 heteroatoms. The maximum absolute atomic E-state index is 4.05.